The van der Waals surface area contributed by atoms with Crippen molar-refractivity contribution in [2.45, 2.75) is 31.9 Å². The first-order valence-corrected chi connectivity index (χ1v) is 6.94. The highest BCUT2D eigenvalue weighted by Gasteiger charge is 2.42. The van der Waals surface area contributed by atoms with Gasteiger partial charge in [-0.3, -0.25) is 4.79 Å². The number of carbonyl (C=O) groups excluding carboxylic acids is 1. The molecule has 0 aromatic carbocycles. The Balaban J connectivity index is 2.08. The van der Waals surface area contributed by atoms with E-state index in [1.54, 1.807) is 16.7 Å². The summed E-state index contributed by atoms with van der Waals surface area (Å²) in [7, 11) is 0. The zero-order valence-electron chi connectivity index (χ0n) is 11.9. The number of likely N-dealkylation sites (tertiary alicyclic amines) is 1. The number of aliphatic hydroxyl groups is 1. The molecule has 20 heavy (non-hydrogen) atoms. The van der Waals surface area contributed by atoms with Gasteiger partial charge >= 0.3 is 12.0 Å². The van der Waals surface area contributed by atoms with Gasteiger partial charge in [-0.2, -0.15) is 0 Å². The molecule has 2 N–H and O–H groups in total. The zero-order chi connectivity index (χ0) is 14.9. The first kappa shape index (κ1) is 15.1. The zero-order valence-corrected chi connectivity index (χ0v) is 11.9. The number of carboxylic acids is 1. The van der Waals surface area contributed by atoms with Crippen LogP contribution in [0.1, 0.15) is 20.3 Å². The fraction of sp³-hybridized carbons (Fsp3) is 0.846. The van der Waals surface area contributed by atoms with Crippen LogP contribution < -0.4 is 0 Å². The molecular formula is C13H22N2O5. The van der Waals surface area contributed by atoms with Crippen molar-refractivity contribution in [3.05, 3.63) is 0 Å². The summed E-state index contributed by atoms with van der Waals surface area (Å²) >= 11 is 0. The van der Waals surface area contributed by atoms with Crippen LogP contribution in [0.3, 0.4) is 0 Å². The topological polar surface area (TPSA) is 90.3 Å². The van der Waals surface area contributed by atoms with Crippen molar-refractivity contribution in [1.82, 2.24) is 9.80 Å². The van der Waals surface area contributed by atoms with Gasteiger partial charge in [0.1, 0.15) is 5.92 Å². The van der Waals surface area contributed by atoms with Crippen molar-refractivity contribution in [3.8, 4) is 0 Å². The number of nitrogens with zero attached hydrogens (tertiary/aromatic N) is 2. The molecule has 0 spiro atoms. The minimum atomic E-state index is -0.938. The molecule has 7 nitrogen and oxygen atoms in total. The Kier molecular flexibility index (Phi) is 4.19. The summed E-state index contributed by atoms with van der Waals surface area (Å²) in [6.45, 7) is 5.12. The molecule has 0 bridgehead atoms. The number of aliphatic carboxylic acids is 1. The number of carbonyl (C=O) groups is 2. The molecule has 2 heterocycles. The molecule has 0 saturated carbocycles. The minimum Gasteiger partial charge on any atom is -0.481 e. The van der Waals surface area contributed by atoms with Gasteiger partial charge in [0.05, 0.1) is 31.4 Å². The summed E-state index contributed by atoms with van der Waals surface area (Å²) in [6.07, 6.45) is 0.541. The van der Waals surface area contributed by atoms with Crippen LogP contribution >= 0.6 is 0 Å². The van der Waals surface area contributed by atoms with Gasteiger partial charge < -0.3 is 24.7 Å². The fourth-order valence-electron chi connectivity index (χ4n) is 2.89. The molecule has 2 fully saturated rings. The third kappa shape index (κ3) is 2.88. The molecule has 2 rings (SSSR count). The Morgan fingerprint density at radius 1 is 1.45 bits per heavy atom. The number of β-amino-alcohol motifs (C(OH)–C–C–N with tert-alkyl or cyclic N) is 1. The van der Waals surface area contributed by atoms with Gasteiger partial charge in [0, 0.05) is 13.1 Å². The minimum absolute atomic E-state index is 0.140. The lowest BCUT2D eigenvalue weighted by Gasteiger charge is -2.33. The molecule has 114 valence electrons. The van der Waals surface area contributed by atoms with Gasteiger partial charge in [0.25, 0.3) is 0 Å². The molecule has 2 aliphatic heterocycles. The standard InChI is InChI=1S/C13H22N2O5/c1-3-15(10-7-20-6-9(10)11(16)17)12(18)14-5-4-13(2,19)8-14/h9-10,19H,3-8H2,1-2H3,(H,16,17). The maximum atomic E-state index is 12.5. The predicted octanol–water partition coefficient (Wildman–Crippen LogP) is -0.0154. The van der Waals surface area contributed by atoms with Gasteiger partial charge in [-0.05, 0) is 20.3 Å². The number of likely N-dealkylation sites (N-methyl/N-ethyl adjacent to an activating group) is 1. The summed E-state index contributed by atoms with van der Waals surface area (Å²) in [5.41, 5.74) is -0.854. The smallest absolute Gasteiger partial charge is 0.320 e. The molecule has 3 unspecified atom stereocenters. The molecule has 2 saturated heterocycles. The molecule has 2 amide bonds. The van der Waals surface area contributed by atoms with Gasteiger partial charge in [0.15, 0.2) is 0 Å². The van der Waals surface area contributed by atoms with E-state index in [1.165, 1.54) is 0 Å². The first-order chi connectivity index (χ1) is 9.35. The Morgan fingerprint density at radius 3 is 2.65 bits per heavy atom. The number of amides is 2. The highest BCUT2D eigenvalue weighted by atomic mass is 16.5. The van der Waals surface area contributed by atoms with E-state index < -0.39 is 23.5 Å². The van der Waals surface area contributed by atoms with E-state index >= 15 is 0 Å². The number of urea groups is 1. The quantitative estimate of drug-likeness (QED) is 0.761. The highest BCUT2D eigenvalue weighted by molar-refractivity contribution is 5.77. The average Bonchev–Trinajstić information content (AvgIpc) is 2.96. The monoisotopic (exact) mass is 286 g/mol. The van der Waals surface area contributed by atoms with Crippen molar-refractivity contribution in [3.63, 3.8) is 0 Å². The largest absolute Gasteiger partial charge is 0.481 e. The maximum Gasteiger partial charge on any atom is 0.320 e. The molecule has 2 aliphatic rings. The third-order valence-electron chi connectivity index (χ3n) is 4.08. The van der Waals surface area contributed by atoms with Crippen LogP contribution in [0.25, 0.3) is 0 Å². The summed E-state index contributed by atoms with van der Waals surface area (Å²) in [4.78, 5) is 26.9. The second-order valence-electron chi connectivity index (χ2n) is 5.79. The van der Waals surface area contributed by atoms with Crippen LogP contribution in [0.15, 0.2) is 0 Å². The number of rotatable bonds is 3. The summed E-state index contributed by atoms with van der Waals surface area (Å²) in [5, 5.41) is 19.1. The Labute approximate surface area is 118 Å². The predicted molar refractivity (Wildman–Crippen MR) is 70.3 cm³/mol. The Morgan fingerprint density at radius 2 is 2.15 bits per heavy atom. The Hall–Kier alpha value is -1.34. The summed E-state index contributed by atoms with van der Waals surface area (Å²) in [5.74, 6) is -1.62. The molecular weight excluding hydrogens is 264 g/mol. The second kappa shape index (κ2) is 5.57. The normalized spacial score (nSPS) is 33.5. The summed E-state index contributed by atoms with van der Waals surface area (Å²) in [6, 6.07) is -0.650. The number of ether oxygens (including phenoxy) is 1. The lowest BCUT2D eigenvalue weighted by atomic mass is 10.0. The van der Waals surface area contributed by atoms with E-state index in [9.17, 15) is 19.8 Å². The van der Waals surface area contributed by atoms with E-state index in [4.69, 9.17) is 4.74 Å². The van der Waals surface area contributed by atoms with Crippen LogP contribution in [0.2, 0.25) is 0 Å². The molecule has 0 aromatic rings. The van der Waals surface area contributed by atoms with Crippen molar-refractivity contribution < 1.29 is 24.5 Å². The second-order valence-corrected chi connectivity index (χ2v) is 5.79. The van der Waals surface area contributed by atoms with E-state index in [2.05, 4.69) is 0 Å². The molecule has 3 atom stereocenters. The lowest BCUT2D eigenvalue weighted by molar-refractivity contribution is -0.142. The van der Waals surface area contributed by atoms with Crippen molar-refractivity contribution in [2.75, 3.05) is 32.8 Å². The van der Waals surface area contributed by atoms with E-state index in [-0.39, 0.29) is 25.8 Å². The van der Waals surface area contributed by atoms with Crippen LogP contribution in [0, 0.1) is 5.92 Å². The lowest BCUT2D eigenvalue weighted by Crippen LogP contribution is -2.51. The molecule has 0 aromatic heterocycles. The van der Waals surface area contributed by atoms with Crippen molar-refractivity contribution in [2.24, 2.45) is 5.92 Å². The number of carboxylic acid groups (broad SMARTS) is 1. The van der Waals surface area contributed by atoms with E-state index in [1.807, 2.05) is 6.92 Å². The van der Waals surface area contributed by atoms with E-state index in [0.29, 0.717) is 19.5 Å². The third-order valence-corrected chi connectivity index (χ3v) is 4.08. The first-order valence-electron chi connectivity index (χ1n) is 6.94. The van der Waals surface area contributed by atoms with Gasteiger partial charge in [-0.1, -0.05) is 0 Å². The highest BCUT2D eigenvalue weighted by Crippen LogP contribution is 2.25. The summed E-state index contributed by atoms with van der Waals surface area (Å²) < 4.78 is 5.22. The molecule has 7 heteroatoms. The maximum absolute atomic E-state index is 12.5. The van der Waals surface area contributed by atoms with Crippen LogP contribution in [-0.4, -0.2) is 76.5 Å². The van der Waals surface area contributed by atoms with Crippen LogP contribution in [0.5, 0.6) is 0 Å². The average molecular weight is 286 g/mol. The van der Waals surface area contributed by atoms with Gasteiger partial charge in [0.2, 0.25) is 0 Å². The molecule has 0 aliphatic carbocycles. The van der Waals surface area contributed by atoms with Crippen LogP contribution in [0.4, 0.5) is 4.79 Å². The Bertz CT molecular complexity index is 398. The van der Waals surface area contributed by atoms with Crippen molar-refractivity contribution in [1.29, 1.82) is 0 Å². The number of hydrogen-bond donors (Lipinski definition) is 2. The van der Waals surface area contributed by atoms with Crippen molar-refractivity contribution >= 4 is 12.0 Å². The fourth-order valence-corrected chi connectivity index (χ4v) is 2.89. The van der Waals surface area contributed by atoms with Gasteiger partial charge in [-0.15, -0.1) is 0 Å². The SMILES string of the molecule is CCN(C(=O)N1CCC(C)(O)C1)C1COCC1C(=O)O. The van der Waals surface area contributed by atoms with Crippen LogP contribution in [-0.2, 0) is 9.53 Å². The number of hydrogen-bond acceptors (Lipinski definition) is 4. The van der Waals surface area contributed by atoms with E-state index in [0.717, 1.165) is 0 Å². The molecule has 0 radical (unpaired) electrons. The van der Waals surface area contributed by atoms with Gasteiger partial charge in [-0.25, -0.2) is 4.79 Å².